The van der Waals surface area contributed by atoms with Crippen molar-refractivity contribution in [2.75, 3.05) is 19.6 Å². The van der Waals surface area contributed by atoms with Crippen LogP contribution >= 0.6 is 22.7 Å². The second kappa shape index (κ2) is 7.40. The Morgan fingerprint density at radius 1 is 1.27 bits per heavy atom. The number of piperidine rings is 1. The topological polar surface area (TPSA) is 32.3 Å². The molecular weight excluding hydrogens is 312 g/mol. The van der Waals surface area contributed by atoms with Crippen LogP contribution in [0.15, 0.2) is 29.0 Å². The van der Waals surface area contributed by atoms with Gasteiger partial charge in [-0.05, 0) is 67.2 Å². The lowest BCUT2D eigenvalue weighted by Crippen LogP contribution is -2.38. The van der Waals surface area contributed by atoms with Crippen LogP contribution in [0.1, 0.15) is 33.0 Å². The standard InChI is InChI=1S/C17H22N2OS2/c1-13-6-10-22-16(13)17(20)18-11-14-4-7-19(8-5-14)12-15-3-2-9-21-15/h2-3,6,9-10,14H,4-5,7-8,11-12H2,1H3,(H,18,20). The van der Waals surface area contributed by atoms with Crippen LogP contribution in [0.5, 0.6) is 0 Å². The number of carbonyl (C=O) groups excluding carboxylic acids is 1. The minimum atomic E-state index is 0.0912. The van der Waals surface area contributed by atoms with Crippen molar-refractivity contribution in [1.82, 2.24) is 10.2 Å². The molecule has 22 heavy (non-hydrogen) atoms. The van der Waals surface area contributed by atoms with E-state index in [2.05, 4.69) is 27.7 Å². The van der Waals surface area contributed by atoms with E-state index in [1.165, 1.54) is 29.1 Å². The number of amides is 1. The molecule has 0 radical (unpaired) electrons. The number of carbonyl (C=O) groups is 1. The number of rotatable bonds is 5. The van der Waals surface area contributed by atoms with Crippen molar-refractivity contribution in [3.8, 4) is 0 Å². The summed E-state index contributed by atoms with van der Waals surface area (Å²) in [6.07, 6.45) is 2.35. The van der Waals surface area contributed by atoms with Gasteiger partial charge in [-0.2, -0.15) is 0 Å². The maximum absolute atomic E-state index is 12.1. The van der Waals surface area contributed by atoms with Crippen molar-refractivity contribution >= 4 is 28.6 Å². The van der Waals surface area contributed by atoms with Crippen LogP contribution in [0.2, 0.25) is 0 Å². The molecule has 2 aromatic rings. The van der Waals surface area contributed by atoms with Crippen molar-refractivity contribution in [2.45, 2.75) is 26.3 Å². The van der Waals surface area contributed by atoms with E-state index in [9.17, 15) is 4.79 Å². The summed E-state index contributed by atoms with van der Waals surface area (Å²) in [6.45, 7) is 6.15. The summed E-state index contributed by atoms with van der Waals surface area (Å²) in [4.78, 5) is 17.0. The summed E-state index contributed by atoms with van der Waals surface area (Å²) in [6, 6.07) is 6.33. The zero-order valence-electron chi connectivity index (χ0n) is 12.9. The first kappa shape index (κ1) is 15.7. The van der Waals surface area contributed by atoms with Gasteiger partial charge < -0.3 is 5.32 Å². The quantitative estimate of drug-likeness (QED) is 0.903. The molecule has 3 nitrogen and oxygen atoms in total. The zero-order chi connectivity index (χ0) is 15.4. The van der Waals surface area contributed by atoms with E-state index < -0.39 is 0 Å². The Morgan fingerprint density at radius 2 is 2.09 bits per heavy atom. The largest absolute Gasteiger partial charge is 0.351 e. The molecule has 0 bridgehead atoms. The van der Waals surface area contributed by atoms with E-state index in [1.807, 2.05) is 29.7 Å². The third-order valence-corrected chi connectivity index (χ3v) is 6.16. The molecule has 2 aromatic heterocycles. The number of hydrogen-bond acceptors (Lipinski definition) is 4. The molecule has 1 fully saturated rings. The minimum absolute atomic E-state index is 0.0912. The van der Waals surface area contributed by atoms with E-state index in [0.29, 0.717) is 5.92 Å². The number of nitrogens with zero attached hydrogens (tertiary/aromatic N) is 1. The fraction of sp³-hybridized carbons (Fsp3) is 0.471. The molecular formula is C17H22N2OS2. The summed E-state index contributed by atoms with van der Waals surface area (Å²) in [5.41, 5.74) is 1.08. The van der Waals surface area contributed by atoms with Crippen molar-refractivity contribution in [3.63, 3.8) is 0 Å². The lowest BCUT2D eigenvalue weighted by atomic mass is 9.96. The zero-order valence-corrected chi connectivity index (χ0v) is 14.5. The van der Waals surface area contributed by atoms with Gasteiger partial charge in [0.2, 0.25) is 0 Å². The van der Waals surface area contributed by atoms with Crippen molar-refractivity contribution in [2.24, 2.45) is 5.92 Å². The van der Waals surface area contributed by atoms with E-state index in [-0.39, 0.29) is 5.91 Å². The molecule has 1 saturated heterocycles. The van der Waals surface area contributed by atoms with E-state index in [0.717, 1.165) is 36.6 Å². The van der Waals surface area contributed by atoms with Crippen LogP contribution in [-0.2, 0) is 6.54 Å². The Labute approximate surface area is 140 Å². The van der Waals surface area contributed by atoms with Gasteiger partial charge in [-0.15, -0.1) is 22.7 Å². The lowest BCUT2D eigenvalue weighted by Gasteiger charge is -2.31. The van der Waals surface area contributed by atoms with Gasteiger partial charge in [0, 0.05) is 18.0 Å². The fourth-order valence-electron chi connectivity index (χ4n) is 2.89. The van der Waals surface area contributed by atoms with Crippen molar-refractivity contribution in [1.29, 1.82) is 0 Å². The normalized spacial score (nSPS) is 16.8. The number of aryl methyl sites for hydroxylation is 1. The first-order valence-corrected chi connectivity index (χ1v) is 9.55. The minimum Gasteiger partial charge on any atom is -0.351 e. The third kappa shape index (κ3) is 3.97. The molecule has 0 spiro atoms. The van der Waals surface area contributed by atoms with E-state index >= 15 is 0 Å². The molecule has 118 valence electrons. The van der Waals surface area contributed by atoms with E-state index in [1.54, 1.807) is 0 Å². The van der Waals surface area contributed by atoms with Crippen LogP contribution in [0, 0.1) is 12.8 Å². The van der Waals surface area contributed by atoms with Crippen molar-refractivity contribution < 1.29 is 4.79 Å². The van der Waals surface area contributed by atoms with Crippen LogP contribution in [0.3, 0.4) is 0 Å². The Bertz CT molecular complexity index is 598. The Balaban J connectivity index is 1.40. The monoisotopic (exact) mass is 334 g/mol. The van der Waals surface area contributed by atoms with Gasteiger partial charge in [0.1, 0.15) is 0 Å². The highest BCUT2D eigenvalue weighted by atomic mass is 32.1. The first-order valence-electron chi connectivity index (χ1n) is 7.79. The molecule has 0 aliphatic carbocycles. The molecule has 1 amide bonds. The van der Waals surface area contributed by atoms with Gasteiger partial charge in [0.05, 0.1) is 4.88 Å². The molecule has 3 rings (SSSR count). The Morgan fingerprint density at radius 3 is 2.73 bits per heavy atom. The molecule has 0 aromatic carbocycles. The summed E-state index contributed by atoms with van der Waals surface area (Å²) < 4.78 is 0. The predicted octanol–water partition coefficient (Wildman–Crippen LogP) is 3.76. The van der Waals surface area contributed by atoms with Crippen molar-refractivity contribution in [3.05, 3.63) is 44.3 Å². The van der Waals surface area contributed by atoms with Gasteiger partial charge in [-0.1, -0.05) is 6.07 Å². The number of likely N-dealkylation sites (tertiary alicyclic amines) is 1. The van der Waals surface area contributed by atoms with Gasteiger partial charge >= 0.3 is 0 Å². The van der Waals surface area contributed by atoms with Gasteiger partial charge in [-0.25, -0.2) is 0 Å². The van der Waals surface area contributed by atoms with E-state index in [4.69, 9.17) is 0 Å². The Hall–Kier alpha value is -1.17. The van der Waals surface area contributed by atoms with Gasteiger partial charge in [0.15, 0.2) is 0 Å². The highest BCUT2D eigenvalue weighted by molar-refractivity contribution is 7.12. The molecule has 0 unspecified atom stereocenters. The van der Waals surface area contributed by atoms with Crippen LogP contribution < -0.4 is 5.32 Å². The average molecular weight is 335 g/mol. The highest BCUT2D eigenvalue weighted by Gasteiger charge is 2.20. The molecule has 1 aliphatic heterocycles. The van der Waals surface area contributed by atoms with Crippen LogP contribution in [0.25, 0.3) is 0 Å². The maximum atomic E-state index is 12.1. The second-order valence-corrected chi connectivity index (χ2v) is 7.89. The number of hydrogen-bond donors (Lipinski definition) is 1. The highest BCUT2D eigenvalue weighted by Crippen LogP contribution is 2.21. The molecule has 0 atom stereocenters. The lowest BCUT2D eigenvalue weighted by molar-refractivity contribution is 0.0939. The van der Waals surface area contributed by atoms with Gasteiger partial charge in [-0.3, -0.25) is 9.69 Å². The smallest absolute Gasteiger partial charge is 0.261 e. The SMILES string of the molecule is Cc1ccsc1C(=O)NCC1CCN(Cc2cccs2)CC1. The van der Waals surface area contributed by atoms with Crippen LogP contribution in [-0.4, -0.2) is 30.4 Å². The van der Waals surface area contributed by atoms with Crippen LogP contribution in [0.4, 0.5) is 0 Å². The molecule has 0 saturated carbocycles. The Kier molecular flexibility index (Phi) is 5.28. The summed E-state index contributed by atoms with van der Waals surface area (Å²) in [7, 11) is 0. The predicted molar refractivity (Wildman–Crippen MR) is 93.7 cm³/mol. The summed E-state index contributed by atoms with van der Waals surface area (Å²) >= 11 is 3.36. The molecule has 3 heterocycles. The first-order chi connectivity index (χ1) is 10.7. The maximum Gasteiger partial charge on any atom is 0.261 e. The molecule has 1 N–H and O–H groups in total. The average Bonchev–Trinajstić information content (AvgIpc) is 3.18. The number of thiophene rings is 2. The molecule has 1 aliphatic rings. The fourth-order valence-corrected chi connectivity index (χ4v) is 4.48. The summed E-state index contributed by atoms with van der Waals surface area (Å²) in [5, 5.41) is 7.23. The second-order valence-electron chi connectivity index (χ2n) is 5.94. The third-order valence-electron chi connectivity index (χ3n) is 4.29. The number of nitrogens with one attached hydrogen (secondary N) is 1. The summed E-state index contributed by atoms with van der Waals surface area (Å²) in [5.74, 6) is 0.706. The van der Waals surface area contributed by atoms with Gasteiger partial charge in [0.25, 0.3) is 5.91 Å². The molecule has 5 heteroatoms.